The summed E-state index contributed by atoms with van der Waals surface area (Å²) >= 11 is 0. The van der Waals surface area contributed by atoms with E-state index in [2.05, 4.69) is 0 Å². The molecule has 122 valence electrons. The van der Waals surface area contributed by atoms with Crippen molar-refractivity contribution < 1.29 is 14.4 Å². The van der Waals surface area contributed by atoms with Crippen LogP contribution in [-0.4, -0.2) is 12.6 Å². The maximum absolute atomic E-state index is 12.1. The van der Waals surface area contributed by atoms with E-state index in [1.165, 1.54) is 0 Å². The smallest absolute Gasteiger partial charge is 0.308 e. The van der Waals surface area contributed by atoms with Crippen molar-refractivity contribution in [3.63, 3.8) is 0 Å². The van der Waals surface area contributed by atoms with Crippen LogP contribution in [0.15, 0.2) is 60.7 Å². The average Bonchev–Trinajstić information content (AvgIpc) is 2.61. The highest BCUT2D eigenvalue weighted by Gasteiger charge is 2.38. The van der Waals surface area contributed by atoms with Crippen LogP contribution in [0.4, 0.5) is 0 Å². The van der Waals surface area contributed by atoms with Gasteiger partial charge in [0, 0.05) is 0 Å². The molecule has 2 N–H and O–H groups in total. The molecule has 0 aliphatic rings. The van der Waals surface area contributed by atoms with Crippen LogP contribution in [-0.2, 0) is 20.0 Å². The van der Waals surface area contributed by atoms with Gasteiger partial charge in [-0.3, -0.25) is 9.63 Å². The van der Waals surface area contributed by atoms with Gasteiger partial charge in [0.25, 0.3) is 0 Å². The highest BCUT2D eigenvalue weighted by Crippen LogP contribution is 2.38. The van der Waals surface area contributed by atoms with E-state index in [-0.39, 0.29) is 11.9 Å². The standard InChI is InChI=1S/C19H23NO3/c1-3-22-18(21)15(2)14-19(23-20,16-10-6-4-7-11-16)17-12-8-5-9-13-17/h4-13,15H,3,14,20H2,1-2H3. The monoisotopic (exact) mass is 313 g/mol. The summed E-state index contributed by atoms with van der Waals surface area (Å²) in [6.07, 6.45) is 0.399. The molecule has 0 aromatic heterocycles. The van der Waals surface area contributed by atoms with Gasteiger partial charge in [0.2, 0.25) is 0 Å². The van der Waals surface area contributed by atoms with Gasteiger partial charge in [-0.15, -0.1) is 0 Å². The number of carbonyl (C=O) groups is 1. The first-order valence-corrected chi connectivity index (χ1v) is 7.79. The third kappa shape index (κ3) is 3.78. The van der Waals surface area contributed by atoms with E-state index in [0.717, 1.165) is 11.1 Å². The van der Waals surface area contributed by atoms with Crippen LogP contribution in [0.25, 0.3) is 0 Å². The normalized spacial score (nSPS) is 12.7. The fraction of sp³-hybridized carbons (Fsp3) is 0.316. The number of esters is 1. The minimum atomic E-state index is -0.894. The van der Waals surface area contributed by atoms with Crippen LogP contribution in [0.5, 0.6) is 0 Å². The summed E-state index contributed by atoms with van der Waals surface area (Å²) < 4.78 is 5.13. The summed E-state index contributed by atoms with van der Waals surface area (Å²) in [7, 11) is 0. The second kappa shape index (κ2) is 7.90. The van der Waals surface area contributed by atoms with Gasteiger partial charge in [0.05, 0.1) is 12.5 Å². The summed E-state index contributed by atoms with van der Waals surface area (Å²) in [5, 5.41) is 0. The second-order valence-corrected chi connectivity index (χ2v) is 5.53. The fourth-order valence-corrected chi connectivity index (χ4v) is 2.80. The van der Waals surface area contributed by atoms with Crippen molar-refractivity contribution in [1.29, 1.82) is 0 Å². The van der Waals surface area contributed by atoms with Gasteiger partial charge in [0.1, 0.15) is 5.60 Å². The summed E-state index contributed by atoms with van der Waals surface area (Å²) in [5.74, 6) is 5.14. The summed E-state index contributed by atoms with van der Waals surface area (Å²) in [6, 6.07) is 19.4. The van der Waals surface area contributed by atoms with E-state index in [0.29, 0.717) is 13.0 Å². The Hall–Kier alpha value is -2.17. The zero-order valence-corrected chi connectivity index (χ0v) is 13.6. The van der Waals surface area contributed by atoms with Crippen molar-refractivity contribution in [2.75, 3.05) is 6.61 Å². The molecule has 0 spiro atoms. The molecule has 2 aromatic rings. The second-order valence-electron chi connectivity index (χ2n) is 5.53. The maximum atomic E-state index is 12.1. The minimum Gasteiger partial charge on any atom is -0.466 e. The molecule has 0 aliphatic heterocycles. The molecule has 4 heteroatoms. The van der Waals surface area contributed by atoms with Crippen LogP contribution in [0.2, 0.25) is 0 Å². The molecule has 0 heterocycles. The Morgan fingerprint density at radius 3 is 1.91 bits per heavy atom. The Bertz CT molecular complexity index is 574. The van der Waals surface area contributed by atoms with Crippen LogP contribution < -0.4 is 5.90 Å². The zero-order chi connectivity index (χ0) is 16.7. The van der Waals surface area contributed by atoms with E-state index >= 15 is 0 Å². The fourth-order valence-electron chi connectivity index (χ4n) is 2.80. The van der Waals surface area contributed by atoms with Gasteiger partial charge in [-0.2, -0.15) is 0 Å². The summed E-state index contributed by atoms with van der Waals surface area (Å²) in [5.41, 5.74) is 0.920. The van der Waals surface area contributed by atoms with Crippen molar-refractivity contribution >= 4 is 5.97 Å². The molecular weight excluding hydrogens is 290 g/mol. The highest BCUT2D eigenvalue weighted by molar-refractivity contribution is 5.72. The van der Waals surface area contributed by atoms with E-state index in [1.54, 1.807) is 6.92 Å². The van der Waals surface area contributed by atoms with Gasteiger partial charge in [-0.25, -0.2) is 5.90 Å². The quantitative estimate of drug-likeness (QED) is 0.628. The maximum Gasteiger partial charge on any atom is 0.308 e. The topological polar surface area (TPSA) is 61.5 Å². The Morgan fingerprint density at radius 2 is 1.52 bits per heavy atom. The van der Waals surface area contributed by atoms with Crippen LogP contribution >= 0.6 is 0 Å². The summed E-state index contributed by atoms with van der Waals surface area (Å²) in [6.45, 7) is 3.99. The third-order valence-electron chi connectivity index (χ3n) is 3.96. The van der Waals surface area contributed by atoms with Crippen molar-refractivity contribution in [2.45, 2.75) is 25.9 Å². The van der Waals surface area contributed by atoms with Gasteiger partial charge >= 0.3 is 5.97 Å². The molecule has 0 fully saturated rings. The number of hydrogen-bond acceptors (Lipinski definition) is 4. The Kier molecular flexibility index (Phi) is 5.90. The molecule has 2 aromatic carbocycles. The van der Waals surface area contributed by atoms with Gasteiger partial charge < -0.3 is 4.74 Å². The van der Waals surface area contributed by atoms with Crippen LogP contribution in [0.1, 0.15) is 31.4 Å². The Morgan fingerprint density at radius 1 is 1.04 bits per heavy atom. The van der Waals surface area contributed by atoms with E-state index in [4.69, 9.17) is 15.5 Å². The van der Waals surface area contributed by atoms with Gasteiger partial charge in [0.15, 0.2) is 0 Å². The largest absolute Gasteiger partial charge is 0.466 e. The predicted octanol–water partition coefficient (Wildman–Crippen LogP) is 3.41. The molecule has 23 heavy (non-hydrogen) atoms. The number of ether oxygens (including phenoxy) is 1. The number of hydrogen-bond donors (Lipinski definition) is 1. The molecule has 4 nitrogen and oxygen atoms in total. The molecule has 0 amide bonds. The SMILES string of the molecule is CCOC(=O)C(C)CC(ON)(c1ccccc1)c1ccccc1. The van der Waals surface area contributed by atoms with Crippen molar-refractivity contribution in [3.05, 3.63) is 71.8 Å². The number of benzene rings is 2. The zero-order valence-electron chi connectivity index (χ0n) is 13.6. The first-order chi connectivity index (χ1) is 11.1. The lowest BCUT2D eigenvalue weighted by Gasteiger charge is -2.34. The number of nitrogens with two attached hydrogens (primary N) is 1. The third-order valence-corrected chi connectivity index (χ3v) is 3.96. The van der Waals surface area contributed by atoms with Crippen molar-refractivity contribution in [2.24, 2.45) is 11.8 Å². The minimum absolute atomic E-state index is 0.249. The molecule has 0 radical (unpaired) electrons. The summed E-state index contributed by atoms with van der Waals surface area (Å²) in [4.78, 5) is 17.6. The molecule has 1 unspecified atom stereocenters. The van der Waals surface area contributed by atoms with Gasteiger partial charge in [-0.05, 0) is 24.5 Å². The van der Waals surface area contributed by atoms with Crippen LogP contribution in [0, 0.1) is 5.92 Å². The van der Waals surface area contributed by atoms with Crippen molar-refractivity contribution in [3.8, 4) is 0 Å². The lowest BCUT2D eigenvalue weighted by atomic mass is 9.79. The Labute approximate surface area is 137 Å². The van der Waals surface area contributed by atoms with Crippen molar-refractivity contribution in [1.82, 2.24) is 0 Å². The molecular formula is C19H23NO3. The number of rotatable bonds is 7. The lowest BCUT2D eigenvalue weighted by Crippen LogP contribution is -2.37. The van der Waals surface area contributed by atoms with Gasteiger partial charge in [-0.1, -0.05) is 67.6 Å². The van der Waals surface area contributed by atoms with E-state index in [9.17, 15) is 4.79 Å². The number of carbonyl (C=O) groups excluding carboxylic acids is 1. The first kappa shape index (κ1) is 17.2. The van der Waals surface area contributed by atoms with E-state index in [1.807, 2.05) is 67.6 Å². The first-order valence-electron chi connectivity index (χ1n) is 7.79. The molecule has 0 saturated carbocycles. The molecule has 0 aliphatic carbocycles. The van der Waals surface area contributed by atoms with Crippen LogP contribution in [0.3, 0.4) is 0 Å². The van der Waals surface area contributed by atoms with E-state index < -0.39 is 5.60 Å². The molecule has 0 bridgehead atoms. The highest BCUT2D eigenvalue weighted by atomic mass is 16.6. The predicted molar refractivity (Wildman–Crippen MR) is 89.4 cm³/mol. The molecule has 2 rings (SSSR count). The molecule has 0 saturated heterocycles. The Balaban J connectivity index is 2.45. The average molecular weight is 313 g/mol. The lowest BCUT2D eigenvalue weighted by molar-refractivity contribution is -0.150. The molecule has 1 atom stereocenters.